The number of hydrogen-bond acceptors (Lipinski definition) is 3. The van der Waals surface area contributed by atoms with E-state index in [2.05, 4.69) is 10.2 Å². The van der Waals surface area contributed by atoms with Gasteiger partial charge in [0.2, 0.25) is 0 Å². The van der Waals surface area contributed by atoms with Crippen molar-refractivity contribution in [2.24, 2.45) is 15.9 Å². The molecule has 0 aliphatic rings. The molecule has 2 rings (SSSR count). The molecule has 0 bridgehead atoms. The Bertz CT molecular complexity index is 788. The molecular weight excluding hydrogens is 361 g/mol. The Morgan fingerprint density at radius 2 is 1.76 bits per heavy atom. The minimum atomic E-state index is -4.94. The van der Waals surface area contributed by atoms with Gasteiger partial charge >= 0.3 is 6.18 Å². The lowest BCUT2D eigenvalue weighted by atomic mass is 10.1. The molecular formula is C16H12F5N3S. The first-order valence-corrected chi connectivity index (χ1v) is 7.86. The van der Waals surface area contributed by atoms with Crippen molar-refractivity contribution in [3.05, 3.63) is 70.8 Å². The van der Waals surface area contributed by atoms with Crippen LogP contribution in [-0.4, -0.2) is 11.4 Å². The lowest BCUT2D eigenvalue weighted by molar-refractivity contribution is -0.140. The second-order valence-corrected chi connectivity index (χ2v) is 5.77. The van der Waals surface area contributed by atoms with E-state index >= 15 is 0 Å². The smallest absolute Gasteiger partial charge is 0.377 e. The van der Waals surface area contributed by atoms with E-state index in [9.17, 15) is 22.0 Å². The van der Waals surface area contributed by atoms with E-state index in [-0.39, 0.29) is 5.17 Å². The average Bonchev–Trinajstić information content (AvgIpc) is 2.55. The van der Waals surface area contributed by atoms with Gasteiger partial charge in [0.15, 0.2) is 5.17 Å². The summed E-state index contributed by atoms with van der Waals surface area (Å²) in [5.74, 6) is -2.43. The van der Waals surface area contributed by atoms with Crippen LogP contribution >= 0.6 is 11.8 Å². The van der Waals surface area contributed by atoms with Gasteiger partial charge in [-0.1, -0.05) is 42.1 Å². The standard InChI is InChI=1S/C16H12F5N3S/c17-13-7-6-12(16(19,20)21)14(18)11(13)8-23-24-15(22)25-9-10-4-2-1-3-5-10/h1-8H,9H2,(H2,22,24). The molecule has 0 aliphatic carbocycles. The Hall–Kier alpha value is -2.42. The van der Waals surface area contributed by atoms with Crippen molar-refractivity contribution in [2.75, 3.05) is 0 Å². The topological polar surface area (TPSA) is 50.7 Å². The summed E-state index contributed by atoms with van der Waals surface area (Å²) in [6.07, 6.45) is -4.37. The highest BCUT2D eigenvalue weighted by atomic mass is 32.2. The average molecular weight is 373 g/mol. The molecule has 25 heavy (non-hydrogen) atoms. The molecule has 0 heterocycles. The lowest BCUT2D eigenvalue weighted by Crippen LogP contribution is -2.11. The quantitative estimate of drug-likeness (QED) is 0.370. The summed E-state index contributed by atoms with van der Waals surface area (Å²) in [4.78, 5) is 0. The van der Waals surface area contributed by atoms with Crippen molar-refractivity contribution >= 4 is 23.1 Å². The normalized spacial score (nSPS) is 12.8. The van der Waals surface area contributed by atoms with Crippen molar-refractivity contribution in [1.29, 1.82) is 0 Å². The zero-order chi connectivity index (χ0) is 18.4. The molecule has 0 atom stereocenters. The number of hydrogen-bond donors (Lipinski definition) is 1. The number of halogens is 5. The zero-order valence-corrected chi connectivity index (χ0v) is 13.4. The van der Waals surface area contributed by atoms with Gasteiger partial charge in [-0.15, -0.1) is 5.10 Å². The Labute approximate surface area is 144 Å². The van der Waals surface area contributed by atoms with Crippen LogP contribution in [0.4, 0.5) is 22.0 Å². The van der Waals surface area contributed by atoms with Crippen molar-refractivity contribution in [3.8, 4) is 0 Å². The summed E-state index contributed by atoms with van der Waals surface area (Å²) in [7, 11) is 0. The third kappa shape index (κ3) is 5.28. The summed E-state index contributed by atoms with van der Waals surface area (Å²) >= 11 is 1.13. The Balaban J connectivity index is 2.11. The first kappa shape index (κ1) is 18.9. The first-order valence-electron chi connectivity index (χ1n) is 6.87. The van der Waals surface area contributed by atoms with Crippen molar-refractivity contribution in [3.63, 3.8) is 0 Å². The molecule has 0 aromatic heterocycles. The molecule has 2 N–H and O–H groups in total. The lowest BCUT2D eigenvalue weighted by Gasteiger charge is -2.09. The highest BCUT2D eigenvalue weighted by Gasteiger charge is 2.35. The molecule has 0 saturated heterocycles. The molecule has 0 spiro atoms. The molecule has 0 radical (unpaired) electrons. The van der Waals surface area contributed by atoms with Gasteiger partial charge in [0, 0.05) is 5.75 Å². The predicted octanol–water partition coefficient (Wildman–Crippen LogP) is 4.57. The fraction of sp³-hybridized carbons (Fsp3) is 0.125. The van der Waals surface area contributed by atoms with Crippen molar-refractivity contribution < 1.29 is 22.0 Å². The highest BCUT2D eigenvalue weighted by Crippen LogP contribution is 2.32. The summed E-state index contributed by atoms with van der Waals surface area (Å²) < 4.78 is 65.2. The number of alkyl halides is 3. The van der Waals surface area contributed by atoms with Gasteiger partial charge in [-0.25, -0.2) is 8.78 Å². The maximum atomic E-state index is 13.8. The molecule has 0 saturated carbocycles. The van der Waals surface area contributed by atoms with Gasteiger partial charge in [-0.05, 0) is 17.7 Å². The Morgan fingerprint density at radius 3 is 2.40 bits per heavy atom. The second-order valence-electron chi connectivity index (χ2n) is 4.78. The number of amidine groups is 1. The highest BCUT2D eigenvalue weighted by molar-refractivity contribution is 8.13. The van der Waals surface area contributed by atoms with Gasteiger partial charge in [-0.2, -0.15) is 18.3 Å². The monoisotopic (exact) mass is 373 g/mol. The van der Waals surface area contributed by atoms with E-state index < -0.39 is 28.9 Å². The van der Waals surface area contributed by atoms with Crippen LogP contribution in [0.5, 0.6) is 0 Å². The van der Waals surface area contributed by atoms with Crippen LogP contribution in [-0.2, 0) is 11.9 Å². The van der Waals surface area contributed by atoms with Crippen LogP contribution in [0.15, 0.2) is 52.7 Å². The fourth-order valence-corrected chi connectivity index (χ4v) is 2.42. The predicted molar refractivity (Wildman–Crippen MR) is 88.3 cm³/mol. The van der Waals surface area contributed by atoms with Gasteiger partial charge in [0.1, 0.15) is 11.6 Å². The van der Waals surface area contributed by atoms with Crippen LogP contribution in [0.1, 0.15) is 16.7 Å². The van der Waals surface area contributed by atoms with Crippen LogP contribution in [0.25, 0.3) is 0 Å². The number of rotatable bonds is 4. The van der Waals surface area contributed by atoms with E-state index in [1.54, 1.807) is 0 Å². The molecule has 2 aromatic rings. The number of benzene rings is 2. The van der Waals surface area contributed by atoms with E-state index in [0.29, 0.717) is 24.1 Å². The van der Waals surface area contributed by atoms with Gasteiger partial charge in [0.25, 0.3) is 0 Å². The van der Waals surface area contributed by atoms with Crippen LogP contribution in [0, 0.1) is 11.6 Å². The molecule has 0 fully saturated rings. The molecule has 3 nitrogen and oxygen atoms in total. The van der Waals surface area contributed by atoms with Crippen LogP contribution in [0.2, 0.25) is 0 Å². The molecule has 0 amide bonds. The molecule has 9 heteroatoms. The van der Waals surface area contributed by atoms with E-state index in [1.165, 1.54) is 0 Å². The summed E-state index contributed by atoms with van der Waals surface area (Å²) in [6, 6.07) is 10.1. The van der Waals surface area contributed by atoms with Gasteiger partial charge < -0.3 is 5.73 Å². The molecule has 0 unspecified atom stereocenters. The number of nitrogens with two attached hydrogens (primary N) is 1. The minimum absolute atomic E-state index is 0.00731. The van der Waals surface area contributed by atoms with Crippen LogP contribution < -0.4 is 5.73 Å². The number of thioether (sulfide) groups is 1. The third-order valence-electron chi connectivity index (χ3n) is 3.00. The minimum Gasteiger partial charge on any atom is -0.377 e. The van der Waals surface area contributed by atoms with E-state index in [0.717, 1.165) is 17.3 Å². The second kappa shape index (κ2) is 8.11. The fourth-order valence-electron chi connectivity index (χ4n) is 1.81. The maximum Gasteiger partial charge on any atom is 0.419 e. The SMILES string of the molecule is NC(=NN=Cc1c(F)ccc(C(F)(F)F)c1F)SCc1ccccc1. The van der Waals surface area contributed by atoms with Gasteiger partial charge in [-0.3, -0.25) is 0 Å². The maximum absolute atomic E-state index is 13.8. The summed E-state index contributed by atoms with van der Waals surface area (Å²) in [5.41, 5.74) is 4.06. The first-order chi connectivity index (χ1) is 11.8. The molecule has 2 aromatic carbocycles. The molecule has 132 valence electrons. The van der Waals surface area contributed by atoms with E-state index in [1.807, 2.05) is 30.3 Å². The van der Waals surface area contributed by atoms with E-state index in [4.69, 9.17) is 5.73 Å². The van der Waals surface area contributed by atoms with Gasteiger partial charge in [0.05, 0.1) is 17.3 Å². The zero-order valence-electron chi connectivity index (χ0n) is 12.6. The van der Waals surface area contributed by atoms with Crippen LogP contribution in [0.3, 0.4) is 0 Å². The molecule has 0 aliphatic heterocycles. The third-order valence-corrected chi connectivity index (χ3v) is 3.86. The van der Waals surface area contributed by atoms with Crippen molar-refractivity contribution in [1.82, 2.24) is 0 Å². The Kier molecular flexibility index (Phi) is 6.13. The Morgan fingerprint density at radius 1 is 1.08 bits per heavy atom. The van der Waals surface area contributed by atoms with Crippen molar-refractivity contribution in [2.45, 2.75) is 11.9 Å². The summed E-state index contributed by atoms with van der Waals surface area (Å²) in [5, 5.41) is 6.90. The number of nitrogens with zero attached hydrogens (tertiary/aromatic N) is 2. The largest absolute Gasteiger partial charge is 0.419 e. The summed E-state index contributed by atoms with van der Waals surface area (Å²) in [6.45, 7) is 0.